The zero-order chi connectivity index (χ0) is 17.0. The molecular weight excluding hydrogens is 355 g/mol. The van der Waals surface area contributed by atoms with Crippen molar-refractivity contribution in [1.29, 1.82) is 0 Å². The van der Waals surface area contributed by atoms with E-state index in [4.69, 9.17) is 23.2 Å². The number of sulfonamides is 1. The second-order valence-corrected chi connectivity index (χ2v) is 8.00. The van der Waals surface area contributed by atoms with Crippen LogP contribution in [0.4, 0.5) is 5.69 Å². The maximum atomic E-state index is 11.2. The quantitative estimate of drug-likeness (QED) is 0.797. The molecule has 2 aromatic rings. The van der Waals surface area contributed by atoms with E-state index in [0.717, 1.165) is 17.4 Å². The van der Waals surface area contributed by atoms with Crippen LogP contribution in [0.25, 0.3) is 0 Å². The Hall–Kier alpha value is -1.27. The Morgan fingerprint density at radius 3 is 2.13 bits per heavy atom. The van der Waals surface area contributed by atoms with Crippen molar-refractivity contribution in [2.75, 3.05) is 11.0 Å². The van der Waals surface area contributed by atoms with Gasteiger partial charge in [0.25, 0.3) is 0 Å². The van der Waals surface area contributed by atoms with Crippen LogP contribution in [0, 0.1) is 0 Å². The predicted molar refractivity (Wildman–Crippen MR) is 96.6 cm³/mol. The van der Waals surface area contributed by atoms with E-state index in [2.05, 4.69) is 10.0 Å². The van der Waals surface area contributed by atoms with Crippen molar-refractivity contribution < 1.29 is 8.42 Å². The van der Waals surface area contributed by atoms with Gasteiger partial charge in [-0.1, -0.05) is 35.3 Å². The number of nitrogens with one attached hydrogen (secondary N) is 2. The van der Waals surface area contributed by atoms with Gasteiger partial charge < -0.3 is 5.32 Å². The first-order chi connectivity index (χ1) is 10.7. The largest absolute Gasteiger partial charge is 0.306 e. The molecule has 0 aliphatic heterocycles. The first kappa shape index (κ1) is 18.1. The molecule has 4 nitrogen and oxygen atoms in total. The smallest absolute Gasteiger partial charge is 0.229 e. The number of hydrogen-bond donors (Lipinski definition) is 2. The Morgan fingerprint density at radius 1 is 1.04 bits per heavy atom. The summed E-state index contributed by atoms with van der Waals surface area (Å²) in [5, 5.41) is 4.60. The van der Waals surface area contributed by atoms with Gasteiger partial charge in [0, 0.05) is 28.3 Å². The maximum absolute atomic E-state index is 11.2. The van der Waals surface area contributed by atoms with Crippen LogP contribution >= 0.6 is 23.2 Å². The number of hydrogen-bond acceptors (Lipinski definition) is 3. The lowest BCUT2D eigenvalue weighted by Crippen LogP contribution is -2.18. The molecule has 0 aromatic heterocycles. The molecule has 1 unspecified atom stereocenters. The fourth-order valence-corrected chi connectivity index (χ4v) is 3.29. The van der Waals surface area contributed by atoms with Crippen molar-refractivity contribution in [1.82, 2.24) is 5.32 Å². The summed E-state index contributed by atoms with van der Waals surface area (Å²) in [4.78, 5) is 0. The summed E-state index contributed by atoms with van der Waals surface area (Å²) in [5.41, 5.74) is 2.60. The monoisotopic (exact) mass is 372 g/mol. The van der Waals surface area contributed by atoms with Crippen LogP contribution in [0.15, 0.2) is 42.5 Å². The molecule has 2 aromatic carbocycles. The molecule has 0 saturated heterocycles. The zero-order valence-electron chi connectivity index (χ0n) is 12.8. The molecule has 23 heavy (non-hydrogen) atoms. The summed E-state index contributed by atoms with van der Waals surface area (Å²) < 4.78 is 24.8. The minimum Gasteiger partial charge on any atom is -0.306 e. The van der Waals surface area contributed by atoms with Crippen molar-refractivity contribution in [2.24, 2.45) is 0 Å². The molecule has 0 heterocycles. The standard InChI is InChI=1S/C16H18Cl2N2O2S/c1-11(19-10-12-7-14(17)9-15(18)8-12)13-3-5-16(6-4-13)20-23(2,21)22/h3-9,11,19-20H,10H2,1-2H3. The average Bonchev–Trinajstić information content (AvgIpc) is 2.43. The Labute approximate surface area is 146 Å². The highest BCUT2D eigenvalue weighted by atomic mass is 35.5. The molecule has 0 aliphatic carbocycles. The van der Waals surface area contributed by atoms with E-state index in [-0.39, 0.29) is 6.04 Å². The summed E-state index contributed by atoms with van der Waals surface area (Å²) in [6.45, 7) is 2.66. The number of halogens is 2. The van der Waals surface area contributed by atoms with Gasteiger partial charge in [-0.15, -0.1) is 0 Å². The fraction of sp³-hybridized carbons (Fsp3) is 0.250. The van der Waals surface area contributed by atoms with Gasteiger partial charge in [0.1, 0.15) is 0 Å². The minimum atomic E-state index is -3.26. The minimum absolute atomic E-state index is 0.0973. The van der Waals surface area contributed by atoms with Gasteiger partial charge in [0.2, 0.25) is 10.0 Å². The van der Waals surface area contributed by atoms with E-state index in [9.17, 15) is 8.42 Å². The summed E-state index contributed by atoms with van der Waals surface area (Å²) in [6.07, 6.45) is 1.13. The summed E-state index contributed by atoms with van der Waals surface area (Å²) in [7, 11) is -3.26. The van der Waals surface area contributed by atoms with Gasteiger partial charge in [-0.3, -0.25) is 4.72 Å². The highest BCUT2D eigenvalue weighted by Crippen LogP contribution is 2.21. The zero-order valence-corrected chi connectivity index (χ0v) is 15.1. The normalized spacial score (nSPS) is 12.9. The molecule has 2 N–H and O–H groups in total. The molecule has 0 fully saturated rings. The van der Waals surface area contributed by atoms with E-state index in [1.54, 1.807) is 18.2 Å². The topological polar surface area (TPSA) is 58.2 Å². The molecule has 2 rings (SSSR count). The molecule has 1 atom stereocenters. The lowest BCUT2D eigenvalue weighted by atomic mass is 10.1. The van der Waals surface area contributed by atoms with Crippen molar-refractivity contribution in [3.63, 3.8) is 0 Å². The summed E-state index contributed by atoms with van der Waals surface area (Å²) >= 11 is 12.0. The first-order valence-corrected chi connectivity index (χ1v) is 9.64. The summed E-state index contributed by atoms with van der Waals surface area (Å²) in [5.74, 6) is 0. The molecule has 0 bridgehead atoms. The first-order valence-electron chi connectivity index (χ1n) is 6.99. The van der Waals surface area contributed by atoms with E-state index < -0.39 is 10.0 Å². The number of rotatable bonds is 6. The van der Waals surface area contributed by atoms with Gasteiger partial charge in [0.05, 0.1) is 6.26 Å². The fourth-order valence-electron chi connectivity index (χ4n) is 2.16. The van der Waals surface area contributed by atoms with Crippen LogP contribution in [0.1, 0.15) is 24.1 Å². The molecule has 0 spiro atoms. The Balaban J connectivity index is 1.99. The van der Waals surface area contributed by atoms with Crippen molar-refractivity contribution >= 4 is 38.9 Å². The molecule has 0 saturated carbocycles. The van der Waals surface area contributed by atoms with Crippen molar-refractivity contribution in [3.05, 3.63) is 63.6 Å². The van der Waals surface area contributed by atoms with Crippen LogP contribution in [0.5, 0.6) is 0 Å². The van der Waals surface area contributed by atoms with Crippen LogP contribution in [-0.4, -0.2) is 14.7 Å². The van der Waals surface area contributed by atoms with E-state index >= 15 is 0 Å². The van der Waals surface area contributed by atoms with E-state index in [0.29, 0.717) is 22.3 Å². The Kier molecular flexibility index (Phi) is 5.92. The van der Waals surface area contributed by atoms with Crippen LogP contribution in [-0.2, 0) is 16.6 Å². The van der Waals surface area contributed by atoms with Crippen molar-refractivity contribution in [3.8, 4) is 0 Å². The second kappa shape index (κ2) is 7.53. The maximum Gasteiger partial charge on any atom is 0.229 e. The van der Waals surface area contributed by atoms with Crippen molar-refractivity contribution in [2.45, 2.75) is 19.5 Å². The SMILES string of the molecule is CC(NCc1cc(Cl)cc(Cl)c1)c1ccc(NS(C)(=O)=O)cc1. The summed E-state index contributed by atoms with van der Waals surface area (Å²) in [6, 6.07) is 12.8. The molecule has 0 aliphatic rings. The van der Waals surface area contributed by atoms with Gasteiger partial charge in [-0.05, 0) is 48.4 Å². The van der Waals surface area contributed by atoms with Crippen LogP contribution in [0.3, 0.4) is 0 Å². The van der Waals surface area contributed by atoms with Gasteiger partial charge in [0.15, 0.2) is 0 Å². The molecule has 0 radical (unpaired) electrons. The molecule has 7 heteroatoms. The lowest BCUT2D eigenvalue weighted by molar-refractivity contribution is 0.575. The Morgan fingerprint density at radius 2 is 1.61 bits per heavy atom. The van der Waals surface area contributed by atoms with Gasteiger partial charge >= 0.3 is 0 Å². The van der Waals surface area contributed by atoms with Crippen LogP contribution < -0.4 is 10.0 Å². The second-order valence-electron chi connectivity index (χ2n) is 5.38. The lowest BCUT2D eigenvalue weighted by Gasteiger charge is -2.15. The van der Waals surface area contributed by atoms with E-state index in [1.807, 2.05) is 31.2 Å². The highest BCUT2D eigenvalue weighted by molar-refractivity contribution is 7.92. The number of benzene rings is 2. The van der Waals surface area contributed by atoms with Gasteiger partial charge in [-0.2, -0.15) is 0 Å². The third-order valence-corrected chi connectivity index (χ3v) is 4.29. The number of anilines is 1. The predicted octanol–water partition coefficient (Wildman–Crippen LogP) is 4.22. The van der Waals surface area contributed by atoms with Crippen LogP contribution in [0.2, 0.25) is 10.0 Å². The highest BCUT2D eigenvalue weighted by Gasteiger charge is 2.07. The Bertz CT molecular complexity index is 757. The molecular formula is C16H18Cl2N2O2S. The van der Waals surface area contributed by atoms with E-state index in [1.165, 1.54) is 0 Å². The van der Waals surface area contributed by atoms with Gasteiger partial charge in [-0.25, -0.2) is 8.42 Å². The molecule has 124 valence electrons. The third kappa shape index (κ3) is 6.03. The molecule has 0 amide bonds. The third-order valence-electron chi connectivity index (χ3n) is 3.25. The average molecular weight is 373 g/mol.